The molecule has 1 aromatic heterocycles. The van der Waals surface area contributed by atoms with Crippen molar-refractivity contribution in [1.29, 1.82) is 0 Å². The molecule has 4 aliphatic rings. The largest absolute Gasteiger partial charge is 0.345 e. The SMILES string of the molecule is Cc1cc(CC(NC(=O)CN2CCC(N3Cc4cccc(F)c4NC3=O)CC2)C2=NNN(CC3CCNCC3)N2)cc2cn[nH]c12. The minimum atomic E-state index is -0.411. The number of hydrogen-bond donors (Lipinski definition) is 6. The molecule has 3 aromatic rings. The summed E-state index contributed by atoms with van der Waals surface area (Å²) in [5.41, 5.74) is 10.8. The van der Waals surface area contributed by atoms with Crippen LogP contribution in [0.15, 0.2) is 41.6 Å². The van der Waals surface area contributed by atoms with E-state index in [9.17, 15) is 14.0 Å². The number of hydrogen-bond acceptors (Lipinski definition) is 9. The van der Waals surface area contributed by atoms with Crippen molar-refractivity contribution >= 4 is 34.4 Å². The number of amides is 3. The number of piperidine rings is 2. The summed E-state index contributed by atoms with van der Waals surface area (Å²) in [5.74, 6) is 0.750. The number of amidine groups is 1. The van der Waals surface area contributed by atoms with Crippen molar-refractivity contribution < 1.29 is 14.0 Å². The second kappa shape index (κ2) is 13.2. The molecule has 244 valence electrons. The van der Waals surface area contributed by atoms with Gasteiger partial charge in [-0.15, -0.1) is 10.2 Å². The van der Waals surface area contributed by atoms with E-state index in [0.29, 0.717) is 37.8 Å². The first kappa shape index (κ1) is 30.4. The summed E-state index contributed by atoms with van der Waals surface area (Å²) >= 11 is 0. The number of anilines is 1. The van der Waals surface area contributed by atoms with Crippen molar-refractivity contribution in [2.45, 2.75) is 57.7 Å². The van der Waals surface area contributed by atoms with Crippen LogP contribution in [-0.2, 0) is 17.8 Å². The van der Waals surface area contributed by atoms with Gasteiger partial charge in [-0.2, -0.15) is 5.10 Å². The van der Waals surface area contributed by atoms with Crippen molar-refractivity contribution in [3.63, 3.8) is 0 Å². The molecule has 2 fully saturated rings. The zero-order chi connectivity index (χ0) is 31.6. The zero-order valence-electron chi connectivity index (χ0n) is 26.1. The Balaban J connectivity index is 0.973. The van der Waals surface area contributed by atoms with Gasteiger partial charge in [-0.1, -0.05) is 18.2 Å². The third-order valence-corrected chi connectivity index (χ3v) is 9.65. The number of aryl methyl sites for hydroxylation is 1. The fraction of sp³-hybridized carbons (Fsp3) is 0.500. The van der Waals surface area contributed by atoms with Gasteiger partial charge in [-0.3, -0.25) is 20.2 Å². The fourth-order valence-corrected chi connectivity index (χ4v) is 7.15. The van der Waals surface area contributed by atoms with Gasteiger partial charge in [0.25, 0.3) is 0 Å². The lowest BCUT2D eigenvalue weighted by Crippen LogP contribution is -2.54. The van der Waals surface area contributed by atoms with E-state index in [4.69, 9.17) is 0 Å². The smallest absolute Gasteiger partial charge is 0.322 e. The van der Waals surface area contributed by atoms with Gasteiger partial charge in [-0.25, -0.2) is 14.7 Å². The molecule has 2 saturated heterocycles. The Morgan fingerprint density at radius 1 is 1.15 bits per heavy atom. The number of halogens is 1. The molecule has 4 aliphatic heterocycles. The van der Waals surface area contributed by atoms with Crippen LogP contribution in [0.25, 0.3) is 10.9 Å². The minimum Gasteiger partial charge on any atom is -0.345 e. The Morgan fingerprint density at radius 2 is 1.98 bits per heavy atom. The topological polar surface area (TPSA) is 145 Å². The number of para-hydroxylation sites is 1. The van der Waals surface area contributed by atoms with Crippen molar-refractivity contribution in [3.8, 4) is 0 Å². The van der Waals surface area contributed by atoms with Gasteiger partial charge in [0.05, 0.1) is 30.0 Å². The van der Waals surface area contributed by atoms with Crippen LogP contribution in [0.3, 0.4) is 0 Å². The number of nitrogens with zero attached hydrogens (tertiary/aromatic N) is 5. The standard InChI is InChI=1S/C32H42FN11O2/c1-20-13-22(14-24-16-35-38-29(20)24)15-27(31-39-41-44(40-31)17-21-5-9-34-10-6-21)36-28(45)19-42-11-7-25(8-12-42)43-18-23-3-2-4-26(33)30(23)37-32(43)46/h2-4,13-14,16,21,25,27,34,41H,5-12,15,17-19H2,1H3,(H,35,38)(H,36,45)(H,37,46)(H,39,40). The van der Waals surface area contributed by atoms with Gasteiger partial charge in [0.15, 0.2) is 5.84 Å². The predicted octanol–water partition coefficient (Wildman–Crippen LogP) is 2.19. The highest BCUT2D eigenvalue weighted by Crippen LogP contribution is 2.29. The summed E-state index contributed by atoms with van der Waals surface area (Å²) in [5, 5.41) is 24.2. The summed E-state index contributed by atoms with van der Waals surface area (Å²) in [4.78, 5) is 30.2. The lowest BCUT2D eigenvalue weighted by atomic mass is 9.98. The number of urea groups is 1. The molecule has 5 heterocycles. The number of likely N-dealkylation sites (tertiary alicyclic amines) is 1. The molecular weight excluding hydrogens is 589 g/mol. The summed E-state index contributed by atoms with van der Waals surface area (Å²) in [6.45, 7) is 6.93. The molecule has 0 saturated carbocycles. The number of hydrazine groups is 2. The number of hydrazone groups is 1. The summed E-state index contributed by atoms with van der Waals surface area (Å²) in [6.07, 6.45) is 6.09. The van der Waals surface area contributed by atoms with Gasteiger partial charge >= 0.3 is 6.03 Å². The Labute approximate surface area is 267 Å². The quantitative estimate of drug-likeness (QED) is 0.211. The maximum absolute atomic E-state index is 14.2. The van der Waals surface area contributed by atoms with E-state index in [1.165, 1.54) is 6.07 Å². The molecule has 1 unspecified atom stereocenters. The summed E-state index contributed by atoms with van der Waals surface area (Å²) in [7, 11) is 0. The van der Waals surface area contributed by atoms with Gasteiger partial charge in [-0.05, 0) is 80.4 Å². The van der Waals surface area contributed by atoms with Crippen molar-refractivity contribution in [2.75, 3.05) is 44.6 Å². The molecule has 13 nitrogen and oxygen atoms in total. The van der Waals surface area contributed by atoms with Gasteiger partial charge < -0.3 is 20.9 Å². The minimum absolute atomic E-state index is 0.0265. The first-order chi connectivity index (χ1) is 22.4. The van der Waals surface area contributed by atoms with Gasteiger partial charge in [0, 0.05) is 44.0 Å². The fourth-order valence-electron chi connectivity index (χ4n) is 7.15. The number of rotatable bonds is 9. The second-order valence-corrected chi connectivity index (χ2v) is 12.9. The lowest BCUT2D eigenvalue weighted by molar-refractivity contribution is -0.123. The van der Waals surface area contributed by atoms with Crippen molar-refractivity contribution in [3.05, 3.63) is 59.0 Å². The Hall–Kier alpha value is -4.27. The molecule has 0 radical (unpaired) electrons. The zero-order valence-corrected chi connectivity index (χ0v) is 26.1. The third-order valence-electron chi connectivity index (χ3n) is 9.65. The first-order valence-corrected chi connectivity index (χ1v) is 16.3. The van der Waals surface area contributed by atoms with Crippen molar-refractivity contribution in [1.82, 2.24) is 46.7 Å². The van der Waals surface area contributed by atoms with E-state index in [0.717, 1.165) is 72.9 Å². The number of aromatic nitrogens is 2. The molecule has 46 heavy (non-hydrogen) atoms. The van der Waals surface area contributed by atoms with Crippen molar-refractivity contribution in [2.24, 2.45) is 11.0 Å². The van der Waals surface area contributed by atoms with Crippen LogP contribution in [0.2, 0.25) is 0 Å². The van der Waals surface area contributed by atoms with Crippen LogP contribution >= 0.6 is 0 Å². The summed E-state index contributed by atoms with van der Waals surface area (Å²) < 4.78 is 14.2. The number of fused-ring (bicyclic) bond motifs is 2. The molecule has 3 amide bonds. The van der Waals surface area contributed by atoms with Crippen LogP contribution < -0.4 is 26.9 Å². The monoisotopic (exact) mass is 631 g/mol. The lowest BCUT2D eigenvalue weighted by Gasteiger charge is -2.40. The molecule has 1 atom stereocenters. The van der Waals surface area contributed by atoms with Gasteiger partial charge in [0.1, 0.15) is 5.82 Å². The Bertz CT molecular complexity index is 1610. The van der Waals surface area contributed by atoms with Crippen LogP contribution in [0, 0.1) is 18.7 Å². The normalized spacial score (nSPS) is 20.5. The van der Waals surface area contributed by atoms with Crippen LogP contribution in [0.1, 0.15) is 42.4 Å². The van der Waals surface area contributed by atoms with E-state index in [1.807, 2.05) is 17.4 Å². The van der Waals surface area contributed by atoms with E-state index in [-0.39, 0.29) is 36.3 Å². The molecule has 6 N–H and O–H groups in total. The first-order valence-electron chi connectivity index (χ1n) is 16.3. The average Bonchev–Trinajstić information content (AvgIpc) is 3.72. The van der Waals surface area contributed by atoms with Gasteiger partial charge in [0.2, 0.25) is 5.91 Å². The highest BCUT2D eigenvalue weighted by molar-refractivity contribution is 5.93. The molecule has 7 rings (SSSR count). The average molecular weight is 632 g/mol. The summed E-state index contributed by atoms with van der Waals surface area (Å²) in [6, 6.07) is 8.51. The number of nitrogens with one attached hydrogen (secondary N) is 6. The van der Waals surface area contributed by atoms with E-state index in [1.54, 1.807) is 11.0 Å². The number of carbonyl (C=O) groups excluding carboxylic acids is 2. The highest BCUT2D eigenvalue weighted by atomic mass is 19.1. The molecule has 0 aliphatic carbocycles. The molecule has 14 heteroatoms. The van der Waals surface area contributed by atoms with Crippen LogP contribution in [0.5, 0.6) is 0 Å². The number of benzene rings is 2. The number of aromatic amines is 1. The predicted molar refractivity (Wildman–Crippen MR) is 173 cm³/mol. The molecule has 2 aromatic carbocycles. The molecule has 0 bridgehead atoms. The maximum Gasteiger partial charge on any atom is 0.322 e. The van der Waals surface area contributed by atoms with Crippen LogP contribution in [-0.4, -0.2) is 94.2 Å². The molecular formula is C32H42FN11O2. The van der Waals surface area contributed by atoms with E-state index in [2.05, 4.69) is 66.2 Å². The number of H-pyrrole nitrogens is 1. The Kier molecular flexibility index (Phi) is 8.73. The highest BCUT2D eigenvalue weighted by Gasteiger charge is 2.34. The molecule has 0 spiro atoms. The second-order valence-electron chi connectivity index (χ2n) is 12.9. The third kappa shape index (κ3) is 6.64. The number of carbonyl (C=O) groups is 2. The Morgan fingerprint density at radius 3 is 2.80 bits per heavy atom. The maximum atomic E-state index is 14.2. The van der Waals surface area contributed by atoms with Crippen LogP contribution in [0.4, 0.5) is 14.9 Å². The van der Waals surface area contributed by atoms with E-state index >= 15 is 0 Å². The van der Waals surface area contributed by atoms with E-state index < -0.39 is 5.82 Å².